The third-order valence-electron chi connectivity index (χ3n) is 4.71. The summed E-state index contributed by atoms with van der Waals surface area (Å²) < 4.78 is 30.5. The van der Waals surface area contributed by atoms with E-state index < -0.39 is 26.5 Å². The van der Waals surface area contributed by atoms with Crippen LogP contribution in [-0.2, 0) is 12.5 Å². The number of fused-ring (bicyclic) bond motifs is 1. The van der Waals surface area contributed by atoms with E-state index in [1.54, 1.807) is 14.2 Å². The van der Waals surface area contributed by atoms with Gasteiger partial charge < -0.3 is 0 Å². The molecule has 0 aromatic heterocycles. The van der Waals surface area contributed by atoms with E-state index >= 15 is 0 Å². The zero-order chi connectivity index (χ0) is 23.4. The maximum atomic E-state index is 13.0. The molecule has 0 radical (unpaired) electrons. The van der Waals surface area contributed by atoms with Gasteiger partial charge >= 0.3 is 198 Å². The first kappa shape index (κ1) is 24.6. The molecular formula is C24H32INO6. The quantitative estimate of drug-likeness (QED) is 0.303. The summed E-state index contributed by atoms with van der Waals surface area (Å²) in [4.78, 5) is 15.0. The van der Waals surface area contributed by atoms with Crippen molar-refractivity contribution in [3.8, 4) is 11.5 Å². The Morgan fingerprint density at radius 1 is 0.969 bits per heavy atom. The minimum atomic E-state index is -2.51. The van der Waals surface area contributed by atoms with Gasteiger partial charge in [0.25, 0.3) is 0 Å². The topological polar surface area (TPSA) is 66.5 Å². The van der Waals surface area contributed by atoms with Crippen LogP contribution in [0.4, 0.5) is 5.69 Å². The first-order valence-electron chi connectivity index (χ1n) is 10.5. The molecule has 2 aromatic carbocycles. The third-order valence-corrected chi connectivity index (χ3v) is 9.45. The van der Waals surface area contributed by atoms with Crippen molar-refractivity contribution in [2.24, 2.45) is 0 Å². The molecule has 0 amide bonds. The average Bonchev–Trinajstić information content (AvgIpc) is 3.07. The summed E-state index contributed by atoms with van der Waals surface area (Å²) >= 11 is -2.51. The van der Waals surface area contributed by atoms with Crippen molar-refractivity contribution in [3.05, 3.63) is 49.1 Å². The average molecular weight is 557 g/mol. The number of likely N-dealkylation sites (N-methyl/N-ethyl adjacent to an activating group) is 1. The summed E-state index contributed by atoms with van der Waals surface area (Å²) in [7, 11) is 5.10. The van der Waals surface area contributed by atoms with Crippen LogP contribution in [0.2, 0.25) is 0 Å². The Bertz CT molecular complexity index is 944. The molecule has 8 heteroatoms. The number of halogens is 1. The Morgan fingerprint density at radius 2 is 1.66 bits per heavy atom. The van der Waals surface area contributed by atoms with E-state index in [0.717, 1.165) is 18.6 Å². The Kier molecular flexibility index (Phi) is 8.24. The summed E-state index contributed by atoms with van der Waals surface area (Å²) in [6.45, 7) is 8.41. The van der Waals surface area contributed by atoms with Crippen LogP contribution < -0.4 is 14.4 Å². The number of hydrogen-bond donors (Lipinski definition) is 0. The summed E-state index contributed by atoms with van der Waals surface area (Å²) in [5.74, 6) is 1.15. The zero-order valence-electron chi connectivity index (χ0n) is 19.7. The normalized spacial score (nSPS) is 14.2. The van der Waals surface area contributed by atoms with Crippen LogP contribution >= 0.6 is 20.2 Å². The van der Waals surface area contributed by atoms with Crippen molar-refractivity contribution in [2.75, 3.05) is 32.7 Å². The fourth-order valence-corrected chi connectivity index (χ4v) is 7.87. The van der Waals surface area contributed by atoms with Gasteiger partial charge in [-0.3, -0.25) is 0 Å². The van der Waals surface area contributed by atoms with Gasteiger partial charge in [-0.15, -0.1) is 0 Å². The number of carbonyl (C=O) groups is 1. The molecule has 32 heavy (non-hydrogen) atoms. The van der Waals surface area contributed by atoms with E-state index in [1.165, 1.54) is 0 Å². The predicted molar refractivity (Wildman–Crippen MR) is 132 cm³/mol. The van der Waals surface area contributed by atoms with Gasteiger partial charge in [0.15, 0.2) is 0 Å². The second-order valence-electron chi connectivity index (χ2n) is 7.95. The van der Waals surface area contributed by atoms with Gasteiger partial charge in [0.2, 0.25) is 0 Å². The third kappa shape index (κ3) is 5.47. The molecule has 1 heterocycles. The number of hydrogen-bond acceptors (Lipinski definition) is 7. The Hall–Kier alpha value is -2.04. The van der Waals surface area contributed by atoms with Gasteiger partial charge in [-0.1, -0.05) is 0 Å². The second kappa shape index (κ2) is 10.7. The van der Waals surface area contributed by atoms with Crippen LogP contribution in [0.1, 0.15) is 38.1 Å². The van der Waals surface area contributed by atoms with Gasteiger partial charge in [-0.05, 0) is 0 Å². The van der Waals surface area contributed by atoms with E-state index in [9.17, 15) is 4.79 Å². The summed E-state index contributed by atoms with van der Waals surface area (Å²) in [6, 6.07) is 11.7. The van der Waals surface area contributed by atoms with E-state index in [-0.39, 0.29) is 18.2 Å². The number of rotatable bonds is 10. The maximum absolute atomic E-state index is 13.0. The molecule has 3 rings (SSSR count). The number of anilines is 1. The first-order chi connectivity index (χ1) is 15.2. The van der Waals surface area contributed by atoms with E-state index in [1.807, 2.05) is 76.0 Å². The molecule has 0 saturated heterocycles. The molecule has 0 bridgehead atoms. The van der Waals surface area contributed by atoms with Crippen molar-refractivity contribution in [2.45, 2.75) is 46.2 Å². The zero-order valence-corrected chi connectivity index (χ0v) is 21.8. The van der Waals surface area contributed by atoms with Crippen LogP contribution in [0.3, 0.4) is 0 Å². The molecule has 7 nitrogen and oxygen atoms in total. The van der Waals surface area contributed by atoms with Crippen LogP contribution in [-0.4, -0.2) is 52.3 Å². The Balaban J connectivity index is 2.00. The van der Waals surface area contributed by atoms with Gasteiger partial charge in [-0.2, -0.15) is 0 Å². The Labute approximate surface area is 197 Å². The number of benzene rings is 2. The predicted octanol–water partition coefficient (Wildman–Crippen LogP) is 4.95. The molecular weight excluding hydrogens is 525 g/mol. The summed E-state index contributed by atoms with van der Waals surface area (Å²) in [5, 5.41) is 0. The number of nitrogens with zero attached hydrogens (tertiary/aromatic N) is 1. The Morgan fingerprint density at radius 3 is 2.28 bits per heavy atom. The SMILES string of the molecule is COC(CN(C)c1cccc2c1C(=O)OI2c1ccc(OC(C)C)cc1OC(C)C)OC. The number of carbonyl (C=O) groups excluding carboxylic acids is 1. The number of ether oxygens (including phenoxy) is 4. The van der Waals surface area contributed by atoms with Crippen molar-refractivity contribution < 1.29 is 26.8 Å². The standard InChI is InChI=1S/C24H32INO6/c1-15(2)30-17-11-12-18(21(13-17)31-16(3)4)25-19-9-8-10-20(23(19)24(27)32-25)26(5)14-22(28-6)29-7/h8-13,15-16,22H,14H2,1-7H3. The van der Waals surface area contributed by atoms with E-state index in [4.69, 9.17) is 22.0 Å². The molecule has 0 fully saturated rings. The second-order valence-corrected chi connectivity index (χ2v) is 12.1. The molecule has 0 unspecified atom stereocenters. The van der Waals surface area contributed by atoms with E-state index in [2.05, 4.69) is 0 Å². The van der Waals surface area contributed by atoms with Crippen molar-refractivity contribution in [3.63, 3.8) is 0 Å². The van der Waals surface area contributed by atoms with Gasteiger partial charge in [0.05, 0.1) is 0 Å². The van der Waals surface area contributed by atoms with Gasteiger partial charge in [0.1, 0.15) is 0 Å². The molecule has 0 N–H and O–H groups in total. The summed E-state index contributed by atoms with van der Waals surface area (Å²) in [6.07, 6.45) is -0.366. The van der Waals surface area contributed by atoms with Crippen LogP contribution in [0, 0.1) is 7.14 Å². The van der Waals surface area contributed by atoms with Gasteiger partial charge in [-0.25, -0.2) is 0 Å². The molecule has 1 aliphatic heterocycles. The molecule has 0 aliphatic carbocycles. The van der Waals surface area contributed by atoms with E-state index in [0.29, 0.717) is 17.9 Å². The van der Waals surface area contributed by atoms with Crippen LogP contribution in [0.5, 0.6) is 11.5 Å². The molecule has 0 spiro atoms. The molecule has 176 valence electrons. The fourth-order valence-electron chi connectivity index (χ4n) is 3.36. The van der Waals surface area contributed by atoms with Crippen molar-refractivity contribution >= 4 is 31.9 Å². The molecule has 0 atom stereocenters. The van der Waals surface area contributed by atoms with Gasteiger partial charge in [0, 0.05) is 0 Å². The van der Waals surface area contributed by atoms with Crippen LogP contribution in [0.15, 0.2) is 36.4 Å². The monoisotopic (exact) mass is 557 g/mol. The summed E-state index contributed by atoms with van der Waals surface area (Å²) in [5.41, 5.74) is 1.42. The van der Waals surface area contributed by atoms with Crippen molar-refractivity contribution in [1.29, 1.82) is 0 Å². The first-order valence-corrected chi connectivity index (χ1v) is 13.6. The van der Waals surface area contributed by atoms with Crippen molar-refractivity contribution in [1.82, 2.24) is 0 Å². The molecule has 2 aromatic rings. The molecule has 0 saturated carbocycles. The fraction of sp³-hybridized carbons (Fsp3) is 0.458. The number of methoxy groups -OCH3 is 2. The minimum absolute atomic E-state index is 0.0193. The van der Waals surface area contributed by atoms with Crippen LogP contribution in [0.25, 0.3) is 0 Å². The molecule has 1 aliphatic rings.